The number of amides is 1. The molecule has 2 fully saturated rings. The van der Waals surface area contributed by atoms with E-state index in [9.17, 15) is 15.0 Å². The average molecular weight is 331 g/mol. The number of hydrogen-bond acceptors (Lipinski definition) is 3. The zero-order valence-corrected chi connectivity index (χ0v) is 14.8. The minimum atomic E-state index is -0.666. The maximum atomic E-state index is 12.8. The molecule has 0 bridgehead atoms. The molecule has 1 amide bonds. The van der Waals surface area contributed by atoms with E-state index in [-0.39, 0.29) is 17.9 Å². The Kier molecular flexibility index (Phi) is 4.71. The maximum absolute atomic E-state index is 12.8. The second-order valence-electron chi connectivity index (χ2n) is 8.30. The number of carbonyl (C=O) groups is 1. The van der Waals surface area contributed by atoms with Gasteiger partial charge in [0.1, 0.15) is 0 Å². The third kappa shape index (κ3) is 3.50. The highest BCUT2D eigenvalue weighted by Crippen LogP contribution is 2.48. The van der Waals surface area contributed by atoms with Gasteiger partial charge in [-0.05, 0) is 63.1 Å². The molecular weight excluding hydrogens is 302 g/mol. The van der Waals surface area contributed by atoms with Crippen LogP contribution in [0.4, 0.5) is 0 Å². The number of aryl methyl sites for hydroxylation is 1. The van der Waals surface area contributed by atoms with Crippen LogP contribution < -0.4 is 0 Å². The minimum absolute atomic E-state index is 0.0533. The van der Waals surface area contributed by atoms with Crippen LogP contribution in [-0.4, -0.2) is 46.3 Å². The molecule has 24 heavy (non-hydrogen) atoms. The largest absolute Gasteiger partial charge is 0.396 e. The number of likely N-dealkylation sites (tertiary alicyclic amines) is 1. The predicted molar refractivity (Wildman–Crippen MR) is 93.8 cm³/mol. The molecule has 1 aromatic rings. The van der Waals surface area contributed by atoms with Crippen LogP contribution in [0, 0.1) is 11.3 Å². The number of hydrogen-bond donors (Lipinski definition) is 2. The Morgan fingerprint density at radius 2 is 2.04 bits per heavy atom. The fourth-order valence-corrected chi connectivity index (χ4v) is 4.27. The molecule has 0 radical (unpaired) electrons. The van der Waals surface area contributed by atoms with Crippen molar-refractivity contribution in [1.29, 1.82) is 0 Å². The van der Waals surface area contributed by atoms with Crippen molar-refractivity contribution in [2.75, 3.05) is 19.7 Å². The molecule has 2 atom stereocenters. The zero-order chi connectivity index (χ0) is 17.4. The van der Waals surface area contributed by atoms with Crippen LogP contribution >= 0.6 is 0 Å². The summed E-state index contributed by atoms with van der Waals surface area (Å²) in [6.07, 6.45) is 4.84. The van der Waals surface area contributed by atoms with Gasteiger partial charge in [-0.1, -0.05) is 18.6 Å². The summed E-state index contributed by atoms with van der Waals surface area (Å²) < 4.78 is 0. The molecule has 1 saturated heterocycles. The van der Waals surface area contributed by atoms with Gasteiger partial charge in [0.2, 0.25) is 0 Å². The Morgan fingerprint density at radius 3 is 2.62 bits per heavy atom. The quantitative estimate of drug-likeness (QED) is 0.872. The molecule has 2 aliphatic rings. The van der Waals surface area contributed by atoms with E-state index >= 15 is 0 Å². The summed E-state index contributed by atoms with van der Waals surface area (Å²) in [6.45, 7) is 5.28. The van der Waals surface area contributed by atoms with Gasteiger partial charge in [0.05, 0.1) is 12.2 Å². The highest BCUT2D eigenvalue weighted by Gasteiger charge is 2.50. The lowest BCUT2D eigenvalue weighted by Crippen LogP contribution is -2.33. The van der Waals surface area contributed by atoms with Crippen LogP contribution in [0.5, 0.6) is 0 Å². The lowest BCUT2D eigenvalue weighted by Gasteiger charge is -2.25. The fraction of sp³-hybridized carbons (Fsp3) is 0.650. The summed E-state index contributed by atoms with van der Waals surface area (Å²) in [5.74, 6) is 0.531. The van der Waals surface area contributed by atoms with E-state index in [1.54, 1.807) is 0 Å². The first kappa shape index (κ1) is 17.4. The monoisotopic (exact) mass is 331 g/mol. The van der Waals surface area contributed by atoms with Crippen molar-refractivity contribution in [2.45, 2.75) is 51.6 Å². The van der Waals surface area contributed by atoms with Crippen LogP contribution in [-0.2, 0) is 6.42 Å². The Labute approximate surface area is 144 Å². The van der Waals surface area contributed by atoms with Crippen molar-refractivity contribution in [1.82, 2.24) is 4.90 Å². The highest BCUT2D eigenvalue weighted by atomic mass is 16.3. The van der Waals surface area contributed by atoms with Crippen LogP contribution in [0.3, 0.4) is 0 Å². The first-order valence-corrected chi connectivity index (χ1v) is 9.04. The van der Waals surface area contributed by atoms with Gasteiger partial charge < -0.3 is 15.1 Å². The van der Waals surface area contributed by atoms with Crippen molar-refractivity contribution in [3.05, 3.63) is 35.4 Å². The van der Waals surface area contributed by atoms with Crippen molar-refractivity contribution >= 4 is 5.91 Å². The average Bonchev–Trinajstić information content (AvgIpc) is 3.09. The predicted octanol–water partition coefficient (Wildman–Crippen LogP) is 2.62. The van der Waals surface area contributed by atoms with E-state index in [1.165, 1.54) is 6.42 Å². The summed E-state index contributed by atoms with van der Waals surface area (Å²) in [5.41, 5.74) is 1.14. The third-order valence-electron chi connectivity index (χ3n) is 5.87. The zero-order valence-electron chi connectivity index (χ0n) is 14.8. The third-order valence-corrected chi connectivity index (χ3v) is 5.87. The molecule has 1 aromatic carbocycles. The van der Waals surface area contributed by atoms with Gasteiger partial charge in [-0.15, -0.1) is 0 Å². The lowest BCUT2D eigenvalue weighted by atomic mass is 9.82. The SMILES string of the molecule is CC(C)(O)CCc1ccc(C(=O)N2CC3CCCC3(CO)C2)cc1. The number of aliphatic hydroxyl groups excluding tert-OH is 1. The van der Waals surface area contributed by atoms with Gasteiger partial charge in [0, 0.05) is 24.1 Å². The summed E-state index contributed by atoms with van der Waals surface area (Å²) in [4.78, 5) is 14.7. The van der Waals surface area contributed by atoms with Crippen LogP contribution in [0.2, 0.25) is 0 Å². The first-order valence-electron chi connectivity index (χ1n) is 9.04. The van der Waals surface area contributed by atoms with Gasteiger partial charge in [-0.2, -0.15) is 0 Å². The van der Waals surface area contributed by atoms with Gasteiger partial charge in [-0.25, -0.2) is 0 Å². The number of rotatable bonds is 5. The number of nitrogens with zero attached hydrogens (tertiary/aromatic N) is 1. The molecule has 4 heteroatoms. The van der Waals surface area contributed by atoms with Crippen LogP contribution in [0.15, 0.2) is 24.3 Å². The van der Waals surface area contributed by atoms with Crippen molar-refractivity contribution in [2.24, 2.45) is 11.3 Å². The maximum Gasteiger partial charge on any atom is 0.253 e. The lowest BCUT2D eigenvalue weighted by molar-refractivity contribution is 0.0710. The van der Waals surface area contributed by atoms with E-state index in [0.717, 1.165) is 36.9 Å². The molecule has 0 spiro atoms. The molecular formula is C20H29NO3. The molecule has 1 aliphatic carbocycles. The Balaban J connectivity index is 1.64. The second kappa shape index (κ2) is 6.49. The number of benzene rings is 1. The van der Waals surface area contributed by atoms with Gasteiger partial charge >= 0.3 is 0 Å². The summed E-state index contributed by atoms with van der Waals surface area (Å²) in [7, 11) is 0. The molecule has 2 N–H and O–H groups in total. The van der Waals surface area contributed by atoms with Crippen LogP contribution in [0.1, 0.15) is 55.5 Å². The van der Waals surface area contributed by atoms with Crippen molar-refractivity contribution in [3.8, 4) is 0 Å². The normalized spacial score (nSPS) is 26.7. The molecule has 4 nitrogen and oxygen atoms in total. The van der Waals surface area contributed by atoms with Crippen molar-refractivity contribution < 1.29 is 15.0 Å². The molecule has 1 aliphatic heterocycles. The van der Waals surface area contributed by atoms with Gasteiger partial charge in [0.15, 0.2) is 0 Å². The summed E-state index contributed by atoms with van der Waals surface area (Å²) >= 11 is 0. The first-order chi connectivity index (χ1) is 11.3. The highest BCUT2D eigenvalue weighted by molar-refractivity contribution is 5.94. The number of carbonyl (C=O) groups excluding carboxylic acids is 1. The number of fused-ring (bicyclic) bond motifs is 1. The number of aliphatic hydroxyl groups is 2. The second-order valence-corrected chi connectivity index (χ2v) is 8.30. The Morgan fingerprint density at radius 1 is 1.33 bits per heavy atom. The smallest absolute Gasteiger partial charge is 0.253 e. The standard InChI is InChI=1S/C20H29NO3/c1-19(2,24)11-9-15-5-7-16(8-6-15)18(23)21-12-17-4-3-10-20(17,13-21)14-22/h5-8,17,22,24H,3-4,9-14H2,1-2H3. The summed E-state index contributed by atoms with van der Waals surface area (Å²) in [6, 6.07) is 7.75. The van der Waals surface area contributed by atoms with Crippen molar-refractivity contribution in [3.63, 3.8) is 0 Å². The van der Waals surface area contributed by atoms with Crippen LogP contribution in [0.25, 0.3) is 0 Å². The molecule has 1 heterocycles. The fourth-order valence-electron chi connectivity index (χ4n) is 4.27. The molecule has 2 unspecified atom stereocenters. The Bertz CT molecular complexity index is 590. The van der Waals surface area contributed by atoms with E-state index in [0.29, 0.717) is 18.9 Å². The molecule has 0 aromatic heterocycles. The van der Waals surface area contributed by atoms with E-state index in [1.807, 2.05) is 43.0 Å². The Hall–Kier alpha value is -1.39. The van der Waals surface area contributed by atoms with E-state index in [4.69, 9.17) is 0 Å². The minimum Gasteiger partial charge on any atom is -0.396 e. The molecule has 132 valence electrons. The van der Waals surface area contributed by atoms with E-state index in [2.05, 4.69) is 0 Å². The topological polar surface area (TPSA) is 60.8 Å². The van der Waals surface area contributed by atoms with Gasteiger partial charge in [0.25, 0.3) is 5.91 Å². The van der Waals surface area contributed by atoms with E-state index < -0.39 is 5.60 Å². The molecule has 3 rings (SSSR count). The summed E-state index contributed by atoms with van der Waals surface area (Å²) in [5, 5.41) is 19.6. The van der Waals surface area contributed by atoms with Gasteiger partial charge in [-0.3, -0.25) is 4.79 Å². The molecule has 1 saturated carbocycles.